The smallest absolute Gasteiger partial charge is 0.224 e. The largest absolute Gasteiger partial charge is 0.378 e. The maximum atomic E-state index is 11.9. The Morgan fingerprint density at radius 1 is 1.27 bits per heavy atom. The molecule has 1 rings (SSSR count). The SMILES string of the molecule is CCNC(=NCCC1CCCO1)NCCC(=O)N(CC)CC. The number of nitrogens with one attached hydrogen (secondary N) is 2. The van der Waals surface area contributed by atoms with Crippen molar-refractivity contribution < 1.29 is 9.53 Å². The normalized spacial score (nSPS) is 18.3. The van der Waals surface area contributed by atoms with Gasteiger partial charge in [-0.05, 0) is 40.0 Å². The van der Waals surface area contributed by atoms with Gasteiger partial charge in [0.1, 0.15) is 0 Å². The third kappa shape index (κ3) is 7.11. The van der Waals surface area contributed by atoms with Crippen LogP contribution in [0.15, 0.2) is 4.99 Å². The number of nitrogens with zero attached hydrogens (tertiary/aromatic N) is 2. The second-order valence-corrected chi connectivity index (χ2v) is 5.43. The van der Waals surface area contributed by atoms with Crippen LogP contribution >= 0.6 is 0 Å². The monoisotopic (exact) mass is 312 g/mol. The number of guanidine groups is 1. The highest BCUT2D eigenvalue weighted by Gasteiger charge is 2.14. The average Bonchev–Trinajstić information content (AvgIpc) is 3.02. The summed E-state index contributed by atoms with van der Waals surface area (Å²) in [5.74, 6) is 0.973. The summed E-state index contributed by atoms with van der Waals surface area (Å²) in [6, 6.07) is 0. The van der Waals surface area contributed by atoms with Crippen LogP contribution in [0.25, 0.3) is 0 Å². The lowest BCUT2D eigenvalue weighted by Gasteiger charge is -2.19. The Hall–Kier alpha value is -1.30. The van der Waals surface area contributed by atoms with Gasteiger partial charge in [0.25, 0.3) is 0 Å². The predicted molar refractivity (Wildman–Crippen MR) is 90.1 cm³/mol. The van der Waals surface area contributed by atoms with E-state index in [1.807, 2.05) is 25.7 Å². The standard InChI is InChI=1S/C16H32N4O2/c1-4-17-16(18-11-9-14-8-7-13-22-14)19-12-10-15(21)20(5-2)6-3/h14H,4-13H2,1-3H3,(H2,17,18,19). The number of rotatable bonds is 9. The first-order chi connectivity index (χ1) is 10.7. The molecule has 6 heteroatoms. The molecule has 128 valence electrons. The zero-order valence-corrected chi connectivity index (χ0v) is 14.4. The molecule has 1 unspecified atom stereocenters. The lowest BCUT2D eigenvalue weighted by Crippen LogP contribution is -2.40. The van der Waals surface area contributed by atoms with Crippen molar-refractivity contribution in [2.75, 3.05) is 39.3 Å². The van der Waals surface area contributed by atoms with E-state index in [4.69, 9.17) is 4.74 Å². The Morgan fingerprint density at radius 3 is 2.64 bits per heavy atom. The highest BCUT2D eigenvalue weighted by Crippen LogP contribution is 2.14. The van der Waals surface area contributed by atoms with E-state index in [0.29, 0.717) is 19.1 Å². The molecule has 1 atom stereocenters. The summed E-state index contributed by atoms with van der Waals surface area (Å²) in [4.78, 5) is 18.3. The maximum absolute atomic E-state index is 11.9. The molecule has 0 aromatic rings. The van der Waals surface area contributed by atoms with Crippen molar-refractivity contribution >= 4 is 11.9 Å². The summed E-state index contributed by atoms with van der Waals surface area (Å²) in [5.41, 5.74) is 0. The van der Waals surface area contributed by atoms with E-state index in [0.717, 1.165) is 51.6 Å². The first-order valence-corrected chi connectivity index (χ1v) is 8.62. The van der Waals surface area contributed by atoms with Crippen molar-refractivity contribution in [1.82, 2.24) is 15.5 Å². The molecule has 1 saturated heterocycles. The molecular formula is C16H32N4O2. The van der Waals surface area contributed by atoms with Crippen LogP contribution < -0.4 is 10.6 Å². The van der Waals surface area contributed by atoms with Gasteiger partial charge < -0.3 is 20.3 Å². The van der Waals surface area contributed by atoms with E-state index >= 15 is 0 Å². The van der Waals surface area contributed by atoms with Crippen LogP contribution in [0.2, 0.25) is 0 Å². The fourth-order valence-electron chi connectivity index (χ4n) is 2.56. The first-order valence-electron chi connectivity index (χ1n) is 8.62. The highest BCUT2D eigenvalue weighted by molar-refractivity contribution is 5.81. The van der Waals surface area contributed by atoms with Gasteiger partial charge in [-0.3, -0.25) is 9.79 Å². The molecular weight excluding hydrogens is 280 g/mol. The lowest BCUT2D eigenvalue weighted by molar-refractivity contribution is -0.130. The summed E-state index contributed by atoms with van der Waals surface area (Å²) in [7, 11) is 0. The van der Waals surface area contributed by atoms with Crippen LogP contribution in [0.1, 0.15) is 46.5 Å². The third-order valence-electron chi connectivity index (χ3n) is 3.84. The molecule has 1 fully saturated rings. The summed E-state index contributed by atoms with van der Waals surface area (Å²) < 4.78 is 5.60. The van der Waals surface area contributed by atoms with E-state index < -0.39 is 0 Å². The molecule has 0 spiro atoms. The van der Waals surface area contributed by atoms with Crippen molar-refractivity contribution in [3.05, 3.63) is 0 Å². The van der Waals surface area contributed by atoms with E-state index in [9.17, 15) is 4.79 Å². The first kappa shape index (κ1) is 18.7. The molecule has 1 amide bonds. The van der Waals surface area contributed by atoms with Crippen LogP contribution in [-0.4, -0.2) is 62.2 Å². The molecule has 0 aromatic heterocycles. The summed E-state index contributed by atoms with van der Waals surface area (Å²) in [6.07, 6.45) is 4.15. The van der Waals surface area contributed by atoms with Gasteiger partial charge in [0.05, 0.1) is 6.10 Å². The van der Waals surface area contributed by atoms with Crippen LogP contribution in [0.5, 0.6) is 0 Å². The second-order valence-electron chi connectivity index (χ2n) is 5.43. The minimum atomic E-state index is 0.188. The Morgan fingerprint density at radius 2 is 2.05 bits per heavy atom. The van der Waals surface area contributed by atoms with Gasteiger partial charge >= 0.3 is 0 Å². The van der Waals surface area contributed by atoms with Crippen molar-refractivity contribution in [2.45, 2.75) is 52.6 Å². The predicted octanol–water partition coefficient (Wildman–Crippen LogP) is 1.37. The minimum Gasteiger partial charge on any atom is -0.378 e. The molecule has 1 aliphatic heterocycles. The number of aliphatic imine (C=N–C) groups is 1. The molecule has 0 bridgehead atoms. The Kier molecular flexibility index (Phi) is 9.62. The fourth-order valence-corrected chi connectivity index (χ4v) is 2.56. The van der Waals surface area contributed by atoms with Crippen LogP contribution in [0, 0.1) is 0 Å². The quantitative estimate of drug-likeness (QED) is 0.498. The number of carbonyl (C=O) groups excluding carboxylic acids is 1. The zero-order valence-electron chi connectivity index (χ0n) is 14.4. The topological polar surface area (TPSA) is 66.0 Å². The Labute approximate surface area is 134 Å². The van der Waals surface area contributed by atoms with Gasteiger partial charge in [0, 0.05) is 45.8 Å². The lowest BCUT2D eigenvalue weighted by atomic mass is 10.2. The number of amides is 1. The van der Waals surface area contributed by atoms with Gasteiger partial charge in [-0.15, -0.1) is 0 Å². The molecule has 22 heavy (non-hydrogen) atoms. The van der Waals surface area contributed by atoms with Crippen LogP contribution in [0.3, 0.4) is 0 Å². The van der Waals surface area contributed by atoms with Gasteiger partial charge in [-0.1, -0.05) is 0 Å². The molecule has 1 heterocycles. The molecule has 6 nitrogen and oxygen atoms in total. The number of ether oxygens (including phenoxy) is 1. The van der Waals surface area contributed by atoms with Crippen molar-refractivity contribution in [3.8, 4) is 0 Å². The van der Waals surface area contributed by atoms with Gasteiger partial charge in [-0.25, -0.2) is 0 Å². The van der Waals surface area contributed by atoms with Crippen LogP contribution in [0.4, 0.5) is 0 Å². The summed E-state index contributed by atoms with van der Waals surface area (Å²) in [5, 5.41) is 6.44. The molecule has 0 radical (unpaired) electrons. The molecule has 2 N–H and O–H groups in total. The number of carbonyl (C=O) groups is 1. The third-order valence-corrected chi connectivity index (χ3v) is 3.84. The number of hydrogen-bond acceptors (Lipinski definition) is 3. The Balaban J connectivity index is 2.28. The summed E-state index contributed by atoms with van der Waals surface area (Å²) >= 11 is 0. The van der Waals surface area contributed by atoms with Gasteiger partial charge in [0.2, 0.25) is 5.91 Å². The zero-order chi connectivity index (χ0) is 16.2. The fraction of sp³-hybridized carbons (Fsp3) is 0.875. The number of hydrogen-bond donors (Lipinski definition) is 2. The van der Waals surface area contributed by atoms with Gasteiger partial charge in [0.15, 0.2) is 5.96 Å². The average molecular weight is 312 g/mol. The highest BCUT2D eigenvalue weighted by atomic mass is 16.5. The summed E-state index contributed by atoms with van der Waals surface area (Å²) in [6.45, 7) is 10.7. The second kappa shape index (κ2) is 11.3. The van der Waals surface area contributed by atoms with Crippen molar-refractivity contribution in [1.29, 1.82) is 0 Å². The molecule has 0 saturated carbocycles. The van der Waals surface area contributed by atoms with E-state index in [1.54, 1.807) is 0 Å². The van der Waals surface area contributed by atoms with E-state index in [2.05, 4.69) is 15.6 Å². The van der Waals surface area contributed by atoms with Crippen molar-refractivity contribution in [2.24, 2.45) is 4.99 Å². The van der Waals surface area contributed by atoms with Crippen LogP contribution in [-0.2, 0) is 9.53 Å². The minimum absolute atomic E-state index is 0.188. The Bertz CT molecular complexity index is 337. The molecule has 1 aliphatic rings. The van der Waals surface area contributed by atoms with E-state index in [1.165, 1.54) is 6.42 Å². The van der Waals surface area contributed by atoms with Crippen molar-refractivity contribution in [3.63, 3.8) is 0 Å². The molecule has 0 aromatic carbocycles. The van der Waals surface area contributed by atoms with Gasteiger partial charge in [-0.2, -0.15) is 0 Å². The molecule has 0 aliphatic carbocycles. The maximum Gasteiger partial charge on any atom is 0.224 e. The van der Waals surface area contributed by atoms with E-state index in [-0.39, 0.29) is 5.91 Å².